The van der Waals surface area contributed by atoms with Gasteiger partial charge < -0.3 is 9.47 Å². The highest BCUT2D eigenvalue weighted by atomic mass is 16.5. The number of ether oxygens (including phenoxy) is 2. The van der Waals surface area contributed by atoms with Crippen molar-refractivity contribution in [1.82, 2.24) is 10.0 Å². The topological polar surface area (TPSA) is 62.3 Å². The Morgan fingerprint density at radius 1 is 0.759 bits per heavy atom. The summed E-state index contributed by atoms with van der Waals surface area (Å²) in [6.45, 7) is 1.65. The first-order valence-corrected chi connectivity index (χ1v) is 9.83. The van der Waals surface area contributed by atoms with E-state index in [-0.39, 0.29) is 17.9 Å². The van der Waals surface area contributed by atoms with Crippen LogP contribution in [0.4, 0.5) is 5.69 Å². The van der Waals surface area contributed by atoms with Gasteiger partial charge in [0, 0.05) is 13.1 Å². The maximum atomic E-state index is 13.5. The van der Waals surface area contributed by atoms with E-state index in [1.807, 2.05) is 24.3 Å². The smallest absolute Gasteiger partial charge is 0.253 e. The number of rotatable bonds is 4. The number of methoxy groups -OCH3 is 2. The Labute approximate surface area is 169 Å². The fraction of sp³-hybridized carbons (Fsp3) is 0.364. The molecule has 29 heavy (non-hydrogen) atoms. The molecule has 0 aromatic heterocycles. The molecule has 3 aliphatic heterocycles. The van der Waals surface area contributed by atoms with Crippen LogP contribution in [-0.4, -0.2) is 55.2 Å². The number of hydrogen-bond donors (Lipinski definition) is 0. The van der Waals surface area contributed by atoms with Crippen molar-refractivity contribution in [2.75, 3.05) is 32.2 Å². The van der Waals surface area contributed by atoms with Gasteiger partial charge in [0.15, 0.2) is 0 Å². The molecule has 3 heterocycles. The lowest BCUT2D eigenvalue weighted by Crippen LogP contribution is -2.44. The molecule has 5 rings (SSSR count). The number of amides is 2. The average Bonchev–Trinajstić information content (AvgIpc) is 3.40. The molecule has 0 unspecified atom stereocenters. The Hall–Kier alpha value is -2.90. The van der Waals surface area contributed by atoms with E-state index in [9.17, 15) is 9.59 Å². The Kier molecular flexibility index (Phi) is 4.29. The summed E-state index contributed by atoms with van der Waals surface area (Å²) in [6, 6.07) is 14.3. The predicted molar refractivity (Wildman–Crippen MR) is 107 cm³/mol. The van der Waals surface area contributed by atoms with Crippen molar-refractivity contribution in [3.8, 4) is 11.5 Å². The summed E-state index contributed by atoms with van der Waals surface area (Å²) in [5.41, 5.74) is 1.62. The van der Waals surface area contributed by atoms with Crippen LogP contribution in [0.25, 0.3) is 0 Å². The molecule has 3 saturated heterocycles. The zero-order chi connectivity index (χ0) is 20.1. The van der Waals surface area contributed by atoms with E-state index in [1.54, 1.807) is 38.5 Å². The summed E-state index contributed by atoms with van der Waals surface area (Å²) in [6.07, 6.45) is 0.986. The van der Waals surface area contributed by atoms with Gasteiger partial charge in [-0.3, -0.25) is 9.59 Å². The van der Waals surface area contributed by atoms with Gasteiger partial charge in [0.25, 0.3) is 5.91 Å². The monoisotopic (exact) mass is 393 g/mol. The van der Waals surface area contributed by atoms with E-state index in [0.717, 1.165) is 30.8 Å². The van der Waals surface area contributed by atoms with Crippen LogP contribution in [0.2, 0.25) is 0 Å². The van der Waals surface area contributed by atoms with Crippen LogP contribution < -0.4 is 14.4 Å². The third-order valence-electron chi connectivity index (χ3n) is 6.19. The maximum absolute atomic E-state index is 13.5. The number of benzene rings is 2. The summed E-state index contributed by atoms with van der Waals surface area (Å²) in [5.74, 6) is 0.761. The molecule has 7 nitrogen and oxygen atoms in total. The van der Waals surface area contributed by atoms with Gasteiger partial charge in [-0.25, -0.2) is 14.9 Å². The molecule has 0 N–H and O–H groups in total. The molecule has 3 atom stereocenters. The van der Waals surface area contributed by atoms with Gasteiger partial charge in [-0.2, -0.15) is 0 Å². The molecule has 150 valence electrons. The molecule has 0 aliphatic carbocycles. The third kappa shape index (κ3) is 2.65. The number of carbonyl (C=O) groups excluding carboxylic acids is 2. The van der Waals surface area contributed by atoms with E-state index in [2.05, 4.69) is 10.0 Å². The SMILES string of the molecule is COc1ccc([C@@H]2[C@@H]3C(=O)N(c4ccc(OC)cc4)C(=O)[C@@H]3N3CCCN23)cc1. The fourth-order valence-electron chi connectivity index (χ4n) is 4.90. The van der Waals surface area contributed by atoms with Gasteiger partial charge in [0.2, 0.25) is 5.91 Å². The highest BCUT2D eigenvalue weighted by Crippen LogP contribution is 2.49. The first kappa shape index (κ1) is 18.1. The third-order valence-corrected chi connectivity index (χ3v) is 6.19. The minimum absolute atomic E-state index is 0.139. The predicted octanol–water partition coefficient (Wildman–Crippen LogP) is 2.24. The molecular weight excluding hydrogens is 370 g/mol. The van der Waals surface area contributed by atoms with Crippen molar-refractivity contribution in [2.45, 2.75) is 18.5 Å². The van der Waals surface area contributed by atoms with Crippen molar-refractivity contribution in [3.05, 3.63) is 54.1 Å². The number of anilines is 1. The number of nitrogens with zero attached hydrogens (tertiary/aromatic N) is 3. The van der Waals surface area contributed by atoms with Gasteiger partial charge in [-0.1, -0.05) is 12.1 Å². The quantitative estimate of drug-likeness (QED) is 0.743. The molecule has 3 fully saturated rings. The van der Waals surface area contributed by atoms with Crippen molar-refractivity contribution < 1.29 is 19.1 Å². The van der Waals surface area contributed by atoms with Crippen molar-refractivity contribution in [1.29, 1.82) is 0 Å². The number of carbonyl (C=O) groups is 2. The lowest BCUT2D eigenvalue weighted by atomic mass is 9.90. The van der Waals surface area contributed by atoms with Crippen LogP contribution in [0.5, 0.6) is 11.5 Å². The number of imide groups is 1. The van der Waals surface area contributed by atoms with Crippen molar-refractivity contribution >= 4 is 17.5 Å². The highest BCUT2D eigenvalue weighted by molar-refractivity contribution is 6.24. The zero-order valence-electron chi connectivity index (χ0n) is 16.4. The minimum Gasteiger partial charge on any atom is -0.497 e. The van der Waals surface area contributed by atoms with Crippen LogP contribution in [0.15, 0.2) is 48.5 Å². The maximum Gasteiger partial charge on any atom is 0.253 e. The van der Waals surface area contributed by atoms with Crippen LogP contribution in [-0.2, 0) is 9.59 Å². The molecule has 7 heteroatoms. The summed E-state index contributed by atoms with van der Waals surface area (Å²) >= 11 is 0. The molecule has 2 aromatic rings. The molecular formula is C22H23N3O4. The molecule has 0 bridgehead atoms. The largest absolute Gasteiger partial charge is 0.497 e. The van der Waals surface area contributed by atoms with Crippen LogP contribution in [0.1, 0.15) is 18.0 Å². The van der Waals surface area contributed by atoms with Gasteiger partial charge >= 0.3 is 0 Å². The fourth-order valence-corrected chi connectivity index (χ4v) is 4.90. The summed E-state index contributed by atoms with van der Waals surface area (Å²) < 4.78 is 10.5. The van der Waals surface area contributed by atoms with Crippen LogP contribution in [0, 0.1) is 5.92 Å². The van der Waals surface area contributed by atoms with Crippen molar-refractivity contribution in [3.63, 3.8) is 0 Å². The van der Waals surface area contributed by atoms with Gasteiger partial charge in [0.05, 0.1) is 31.9 Å². The lowest BCUT2D eigenvalue weighted by Gasteiger charge is -2.29. The Bertz CT molecular complexity index is 944. The average molecular weight is 393 g/mol. The molecule has 0 saturated carbocycles. The molecule has 0 radical (unpaired) electrons. The van der Waals surface area contributed by atoms with E-state index in [4.69, 9.17) is 9.47 Å². The molecule has 2 amide bonds. The zero-order valence-corrected chi connectivity index (χ0v) is 16.4. The van der Waals surface area contributed by atoms with Gasteiger partial charge in [-0.05, 0) is 48.4 Å². The van der Waals surface area contributed by atoms with E-state index in [0.29, 0.717) is 11.4 Å². The Morgan fingerprint density at radius 3 is 1.90 bits per heavy atom. The first-order valence-electron chi connectivity index (χ1n) is 9.83. The van der Waals surface area contributed by atoms with Gasteiger partial charge in [0.1, 0.15) is 17.5 Å². The normalized spacial score (nSPS) is 26.7. The second-order valence-electron chi connectivity index (χ2n) is 7.58. The van der Waals surface area contributed by atoms with E-state index >= 15 is 0 Å². The highest BCUT2D eigenvalue weighted by Gasteiger charge is 2.62. The second kappa shape index (κ2) is 6.86. The van der Waals surface area contributed by atoms with Gasteiger partial charge in [-0.15, -0.1) is 0 Å². The second-order valence-corrected chi connectivity index (χ2v) is 7.58. The number of fused-ring (bicyclic) bond motifs is 3. The van der Waals surface area contributed by atoms with Crippen LogP contribution >= 0.6 is 0 Å². The van der Waals surface area contributed by atoms with E-state index in [1.165, 1.54) is 4.90 Å². The number of hydrogen-bond acceptors (Lipinski definition) is 6. The van der Waals surface area contributed by atoms with E-state index < -0.39 is 12.0 Å². The van der Waals surface area contributed by atoms with Crippen LogP contribution in [0.3, 0.4) is 0 Å². The Morgan fingerprint density at radius 2 is 1.31 bits per heavy atom. The minimum atomic E-state index is -0.445. The standard InChI is InChI=1S/C22H23N3O4/c1-28-16-8-4-14(5-9-16)19-18-20(24-13-3-12-23(19)24)22(27)25(21(18)26)15-6-10-17(29-2)11-7-15/h4-11,18-20H,3,12-13H2,1-2H3/t18-,19+,20+/m0/s1. The first-order chi connectivity index (χ1) is 14.1. The Balaban J connectivity index is 1.53. The number of hydrazine groups is 1. The summed E-state index contributed by atoms with van der Waals surface area (Å²) in [4.78, 5) is 28.2. The summed E-state index contributed by atoms with van der Waals surface area (Å²) in [7, 11) is 3.22. The molecule has 2 aromatic carbocycles. The molecule has 0 spiro atoms. The summed E-state index contributed by atoms with van der Waals surface area (Å²) in [5, 5.41) is 4.31. The molecule has 3 aliphatic rings. The lowest BCUT2D eigenvalue weighted by molar-refractivity contribution is -0.126. The van der Waals surface area contributed by atoms with Crippen molar-refractivity contribution in [2.24, 2.45) is 5.92 Å².